The lowest BCUT2D eigenvalue weighted by atomic mass is 9.87. The monoisotopic (exact) mass is 328 g/mol. The lowest BCUT2D eigenvalue weighted by molar-refractivity contribution is 0.135. The minimum Gasteiger partial charge on any atom is -0.474 e. The topological polar surface area (TPSA) is 103 Å². The molecule has 0 unspecified atom stereocenters. The third-order valence-corrected chi connectivity index (χ3v) is 4.49. The fourth-order valence-corrected chi connectivity index (χ4v) is 3.07. The summed E-state index contributed by atoms with van der Waals surface area (Å²) < 4.78 is 11.5. The molecule has 8 nitrogen and oxygen atoms in total. The van der Waals surface area contributed by atoms with Gasteiger partial charge in [-0.2, -0.15) is 10.1 Å². The summed E-state index contributed by atoms with van der Waals surface area (Å²) in [4.78, 5) is 12.9. The molecule has 4 rings (SSSR count). The third-order valence-electron chi connectivity index (χ3n) is 4.49. The van der Waals surface area contributed by atoms with Gasteiger partial charge in [-0.15, -0.1) is 0 Å². The van der Waals surface area contributed by atoms with E-state index < -0.39 is 0 Å². The van der Waals surface area contributed by atoms with E-state index in [1.165, 1.54) is 6.33 Å². The summed E-state index contributed by atoms with van der Waals surface area (Å²) in [5.74, 6) is 2.75. The highest BCUT2D eigenvalue weighted by atomic mass is 16.5. The second-order valence-corrected chi connectivity index (χ2v) is 6.55. The first-order chi connectivity index (χ1) is 11.7. The van der Waals surface area contributed by atoms with Crippen molar-refractivity contribution >= 4 is 11.0 Å². The lowest BCUT2D eigenvalue weighted by Crippen LogP contribution is -2.24. The number of H-pyrrole nitrogens is 1. The van der Waals surface area contributed by atoms with E-state index in [9.17, 15) is 0 Å². The zero-order valence-corrected chi connectivity index (χ0v) is 13.8. The van der Waals surface area contributed by atoms with Crippen LogP contribution in [0.5, 0.6) is 5.88 Å². The molecule has 1 N–H and O–H groups in total. The standard InChI is InChI=1S/C16H20N6O2/c1-9(2)13-20-15(24-22-13)10-3-5-11(6-4-10)23-16-12-7-19-21-14(12)17-8-18-16/h7-11H,3-6H2,1-2H3,(H,17,18,19,21). The van der Waals surface area contributed by atoms with Crippen LogP contribution in [0, 0.1) is 0 Å². The number of hydrogen-bond acceptors (Lipinski definition) is 7. The Labute approximate surface area is 139 Å². The predicted octanol–water partition coefficient (Wildman–Crippen LogP) is 2.96. The van der Waals surface area contributed by atoms with Gasteiger partial charge in [0, 0.05) is 11.8 Å². The smallest absolute Gasteiger partial charge is 0.229 e. The van der Waals surface area contributed by atoms with E-state index in [0.717, 1.165) is 42.8 Å². The van der Waals surface area contributed by atoms with Gasteiger partial charge in [-0.1, -0.05) is 19.0 Å². The van der Waals surface area contributed by atoms with E-state index in [2.05, 4.69) is 44.2 Å². The Bertz CT molecular complexity index is 819. The molecule has 3 heterocycles. The Morgan fingerprint density at radius 2 is 2.04 bits per heavy atom. The zero-order chi connectivity index (χ0) is 16.5. The molecule has 1 aliphatic rings. The molecule has 126 valence electrons. The van der Waals surface area contributed by atoms with Crippen molar-refractivity contribution in [2.75, 3.05) is 0 Å². The summed E-state index contributed by atoms with van der Waals surface area (Å²) in [6, 6.07) is 0. The summed E-state index contributed by atoms with van der Waals surface area (Å²) in [7, 11) is 0. The Hall–Kier alpha value is -2.51. The molecule has 1 fully saturated rings. The number of nitrogens with one attached hydrogen (secondary N) is 1. The van der Waals surface area contributed by atoms with Gasteiger partial charge in [-0.25, -0.2) is 9.97 Å². The van der Waals surface area contributed by atoms with Crippen molar-refractivity contribution in [3.8, 4) is 5.88 Å². The maximum absolute atomic E-state index is 6.08. The van der Waals surface area contributed by atoms with Crippen molar-refractivity contribution in [1.29, 1.82) is 0 Å². The van der Waals surface area contributed by atoms with Crippen LogP contribution in [-0.2, 0) is 0 Å². The molecule has 24 heavy (non-hydrogen) atoms. The van der Waals surface area contributed by atoms with Crippen LogP contribution in [0.15, 0.2) is 17.0 Å². The fourth-order valence-electron chi connectivity index (χ4n) is 3.07. The molecular formula is C16H20N6O2. The third kappa shape index (κ3) is 2.83. The van der Waals surface area contributed by atoms with E-state index in [-0.39, 0.29) is 12.0 Å². The van der Waals surface area contributed by atoms with Gasteiger partial charge >= 0.3 is 0 Å². The summed E-state index contributed by atoms with van der Waals surface area (Å²) >= 11 is 0. The van der Waals surface area contributed by atoms with E-state index in [1.54, 1.807) is 6.20 Å². The van der Waals surface area contributed by atoms with E-state index in [1.807, 2.05) is 0 Å². The van der Waals surface area contributed by atoms with E-state index >= 15 is 0 Å². The minimum atomic E-state index is 0.141. The molecule has 0 aromatic carbocycles. The maximum atomic E-state index is 6.08. The van der Waals surface area contributed by atoms with Gasteiger partial charge in [-0.3, -0.25) is 5.10 Å². The summed E-state index contributed by atoms with van der Waals surface area (Å²) in [5.41, 5.74) is 0.695. The molecule has 0 aliphatic heterocycles. The highest BCUT2D eigenvalue weighted by molar-refractivity contribution is 5.78. The first kappa shape index (κ1) is 15.0. The largest absolute Gasteiger partial charge is 0.474 e. The van der Waals surface area contributed by atoms with Crippen LogP contribution in [0.4, 0.5) is 0 Å². The second-order valence-electron chi connectivity index (χ2n) is 6.55. The quantitative estimate of drug-likeness (QED) is 0.785. The van der Waals surface area contributed by atoms with E-state index in [4.69, 9.17) is 9.26 Å². The van der Waals surface area contributed by atoms with Crippen LogP contribution in [0.1, 0.15) is 63.1 Å². The molecular weight excluding hydrogens is 308 g/mol. The second kappa shape index (κ2) is 6.18. The highest BCUT2D eigenvalue weighted by Crippen LogP contribution is 2.34. The maximum Gasteiger partial charge on any atom is 0.229 e. The van der Waals surface area contributed by atoms with Crippen molar-refractivity contribution in [1.82, 2.24) is 30.3 Å². The average molecular weight is 328 g/mol. The van der Waals surface area contributed by atoms with Gasteiger partial charge in [0.15, 0.2) is 11.5 Å². The van der Waals surface area contributed by atoms with Crippen molar-refractivity contribution < 1.29 is 9.26 Å². The normalized spacial score (nSPS) is 21.5. The zero-order valence-electron chi connectivity index (χ0n) is 13.8. The van der Waals surface area contributed by atoms with Gasteiger partial charge in [0.25, 0.3) is 0 Å². The number of nitrogens with zero attached hydrogens (tertiary/aromatic N) is 5. The number of aromatic nitrogens is 6. The molecule has 0 spiro atoms. The molecule has 3 aromatic heterocycles. The number of hydrogen-bond donors (Lipinski definition) is 1. The van der Waals surface area contributed by atoms with Gasteiger partial charge < -0.3 is 9.26 Å². The van der Waals surface area contributed by atoms with Gasteiger partial charge in [0.05, 0.1) is 6.20 Å². The molecule has 8 heteroatoms. The van der Waals surface area contributed by atoms with Gasteiger partial charge in [0.1, 0.15) is 17.8 Å². The Morgan fingerprint density at radius 3 is 2.79 bits per heavy atom. The van der Waals surface area contributed by atoms with Crippen LogP contribution in [0.3, 0.4) is 0 Å². The summed E-state index contributed by atoms with van der Waals surface area (Å²) in [6.07, 6.45) is 7.16. The SMILES string of the molecule is CC(C)c1noc(C2CCC(Oc3ncnc4[nH]ncc34)CC2)n1. The molecule has 0 amide bonds. The fraction of sp³-hybridized carbons (Fsp3) is 0.562. The first-order valence-electron chi connectivity index (χ1n) is 8.35. The molecule has 1 saturated carbocycles. The van der Waals surface area contributed by atoms with Gasteiger partial charge in [-0.05, 0) is 25.7 Å². The van der Waals surface area contributed by atoms with Crippen LogP contribution in [-0.4, -0.2) is 36.4 Å². The molecule has 3 aromatic rings. The van der Waals surface area contributed by atoms with Crippen molar-refractivity contribution in [2.45, 2.75) is 57.5 Å². The Kier molecular flexibility index (Phi) is 3.87. The molecule has 1 aliphatic carbocycles. The van der Waals surface area contributed by atoms with Crippen LogP contribution >= 0.6 is 0 Å². The van der Waals surface area contributed by atoms with Crippen LogP contribution < -0.4 is 4.74 Å². The first-order valence-corrected chi connectivity index (χ1v) is 8.35. The highest BCUT2D eigenvalue weighted by Gasteiger charge is 2.28. The minimum absolute atomic E-state index is 0.141. The van der Waals surface area contributed by atoms with Crippen LogP contribution in [0.25, 0.3) is 11.0 Å². The van der Waals surface area contributed by atoms with Gasteiger partial charge in [0.2, 0.25) is 11.8 Å². The molecule has 0 atom stereocenters. The number of rotatable bonds is 4. The average Bonchev–Trinajstić information content (AvgIpc) is 3.25. The van der Waals surface area contributed by atoms with Crippen molar-refractivity contribution in [3.05, 3.63) is 24.2 Å². The number of aromatic amines is 1. The molecule has 0 bridgehead atoms. The molecule has 0 saturated heterocycles. The number of fused-ring (bicyclic) bond motifs is 1. The van der Waals surface area contributed by atoms with Crippen molar-refractivity contribution in [2.24, 2.45) is 0 Å². The Morgan fingerprint density at radius 1 is 1.21 bits per heavy atom. The van der Waals surface area contributed by atoms with Crippen molar-refractivity contribution in [3.63, 3.8) is 0 Å². The summed E-state index contributed by atoms with van der Waals surface area (Å²) in [6.45, 7) is 4.13. The van der Waals surface area contributed by atoms with E-state index in [0.29, 0.717) is 17.4 Å². The summed E-state index contributed by atoms with van der Waals surface area (Å²) in [5, 5.41) is 11.7. The number of ether oxygens (including phenoxy) is 1. The lowest BCUT2D eigenvalue weighted by Gasteiger charge is -2.26. The Balaban J connectivity index is 1.40. The predicted molar refractivity (Wildman–Crippen MR) is 85.7 cm³/mol. The van der Waals surface area contributed by atoms with Crippen LogP contribution in [0.2, 0.25) is 0 Å². The molecule has 0 radical (unpaired) electrons.